The molecule has 0 saturated heterocycles. The Balaban J connectivity index is 1.91. The largest absolute Gasteiger partial charge is 0.351 e. The first-order valence-corrected chi connectivity index (χ1v) is 10.1. The van der Waals surface area contributed by atoms with Crippen LogP contribution in [0.2, 0.25) is 0 Å². The standard InChI is InChI=1S/C17H17FN2O5S2/c1-11(21)19-10-14-6-9-17(26-14)27(24,25)20-16(23)8-7-15(22)12-2-4-13(18)5-3-12/h2-6,9H,7-8,10H2,1H3,(H,19,21)(H,20,23). The molecular formula is C17H17FN2O5S2. The van der Waals surface area contributed by atoms with Crippen molar-refractivity contribution in [2.24, 2.45) is 0 Å². The summed E-state index contributed by atoms with van der Waals surface area (Å²) < 4.78 is 39.1. The van der Waals surface area contributed by atoms with Crippen molar-refractivity contribution >= 4 is 39.0 Å². The Labute approximate surface area is 159 Å². The molecule has 2 N–H and O–H groups in total. The second-order valence-corrected chi connectivity index (χ2v) is 8.67. The van der Waals surface area contributed by atoms with Gasteiger partial charge in [0.1, 0.15) is 10.0 Å². The zero-order valence-corrected chi connectivity index (χ0v) is 16.0. The lowest BCUT2D eigenvalue weighted by Crippen LogP contribution is -2.30. The zero-order valence-electron chi connectivity index (χ0n) is 14.3. The van der Waals surface area contributed by atoms with Crippen molar-refractivity contribution in [3.63, 3.8) is 0 Å². The zero-order chi connectivity index (χ0) is 20.0. The first-order chi connectivity index (χ1) is 12.7. The van der Waals surface area contributed by atoms with Crippen molar-refractivity contribution in [2.45, 2.75) is 30.5 Å². The monoisotopic (exact) mass is 412 g/mol. The van der Waals surface area contributed by atoms with Crippen LogP contribution in [0, 0.1) is 5.82 Å². The molecule has 1 heterocycles. The fourth-order valence-electron chi connectivity index (χ4n) is 2.07. The number of hydrogen-bond donors (Lipinski definition) is 2. The van der Waals surface area contributed by atoms with Crippen molar-refractivity contribution in [3.8, 4) is 0 Å². The molecule has 0 bridgehead atoms. The van der Waals surface area contributed by atoms with Gasteiger partial charge in [-0.1, -0.05) is 0 Å². The molecule has 0 fully saturated rings. The van der Waals surface area contributed by atoms with E-state index in [1.807, 2.05) is 4.72 Å². The van der Waals surface area contributed by atoms with Crippen LogP contribution in [0.25, 0.3) is 0 Å². The van der Waals surface area contributed by atoms with Crippen LogP contribution < -0.4 is 10.0 Å². The molecule has 2 rings (SSSR count). The molecule has 0 spiro atoms. The van der Waals surface area contributed by atoms with Crippen LogP contribution in [-0.4, -0.2) is 26.0 Å². The van der Waals surface area contributed by atoms with Crippen molar-refractivity contribution in [3.05, 3.63) is 52.7 Å². The molecule has 7 nitrogen and oxygen atoms in total. The molecule has 0 atom stereocenters. The van der Waals surface area contributed by atoms with Crippen LogP contribution in [0.15, 0.2) is 40.6 Å². The Morgan fingerprint density at radius 1 is 1.04 bits per heavy atom. The lowest BCUT2D eigenvalue weighted by molar-refractivity contribution is -0.120. The summed E-state index contributed by atoms with van der Waals surface area (Å²) in [6.45, 7) is 1.54. The van der Waals surface area contributed by atoms with Crippen molar-refractivity contribution < 1.29 is 27.2 Å². The van der Waals surface area contributed by atoms with Crippen LogP contribution >= 0.6 is 11.3 Å². The van der Waals surface area contributed by atoms with E-state index in [0.717, 1.165) is 23.5 Å². The molecule has 0 aliphatic rings. The van der Waals surface area contributed by atoms with Crippen LogP contribution in [-0.2, 0) is 26.2 Å². The fourth-order valence-corrected chi connectivity index (χ4v) is 4.38. The van der Waals surface area contributed by atoms with Gasteiger partial charge in [0, 0.05) is 30.2 Å². The van der Waals surface area contributed by atoms with Crippen LogP contribution in [0.1, 0.15) is 35.0 Å². The van der Waals surface area contributed by atoms with Gasteiger partial charge < -0.3 is 5.32 Å². The number of halogens is 1. The highest BCUT2D eigenvalue weighted by molar-refractivity contribution is 7.92. The number of nitrogens with one attached hydrogen (secondary N) is 2. The molecule has 2 amide bonds. The Bertz CT molecular complexity index is 952. The summed E-state index contributed by atoms with van der Waals surface area (Å²) in [4.78, 5) is 35.3. The summed E-state index contributed by atoms with van der Waals surface area (Å²) in [6.07, 6.45) is -0.523. The SMILES string of the molecule is CC(=O)NCc1ccc(S(=O)(=O)NC(=O)CCC(=O)c2ccc(F)cc2)s1. The minimum atomic E-state index is -4.05. The topological polar surface area (TPSA) is 109 Å². The van der Waals surface area contributed by atoms with E-state index in [1.165, 1.54) is 31.2 Å². The molecule has 1 aromatic carbocycles. The second-order valence-electron chi connectivity index (χ2n) is 5.59. The summed E-state index contributed by atoms with van der Waals surface area (Å²) in [6, 6.07) is 7.74. The van der Waals surface area contributed by atoms with E-state index in [4.69, 9.17) is 0 Å². The van der Waals surface area contributed by atoms with Crippen LogP contribution in [0.4, 0.5) is 4.39 Å². The number of rotatable bonds is 8. The van der Waals surface area contributed by atoms with Gasteiger partial charge in [-0.2, -0.15) is 0 Å². The highest BCUT2D eigenvalue weighted by Gasteiger charge is 2.20. The van der Waals surface area contributed by atoms with E-state index < -0.39 is 27.5 Å². The average Bonchev–Trinajstić information content (AvgIpc) is 3.08. The molecule has 0 aliphatic carbocycles. The van der Waals surface area contributed by atoms with E-state index in [9.17, 15) is 27.2 Å². The Kier molecular flexibility index (Phi) is 6.81. The van der Waals surface area contributed by atoms with Gasteiger partial charge in [-0.05, 0) is 36.4 Å². The van der Waals surface area contributed by atoms with Gasteiger partial charge in [0.25, 0.3) is 10.0 Å². The lowest BCUT2D eigenvalue weighted by Gasteiger charge is -2.05. The molecular weight excluding hydrogens is 395 g/mol. The van der Waals surface area contributed by atoms with E-state index >= 15 is 0 Å². The number of Topliss-reactive ketones (excluding diaryl/α,β-unsaturated/α-hetero) is 1. The first kappa shape index (κ1) is 20.7. The first-order valence-electron chi connectivity index (χ1n) is 7.85. The number of sulfonamides is 1. The van der Waals surface area contributed by atoms with Gasteiger partial charge in [-0.3, -0.25) is 14.4 Å². The quantitative estimate of drug-likeness (QED) is 0.645. The number of thiophene rings is 1. The molecule has 0 saturated carbocycles. The van der Waals surface area contributed by atoms with Crippen LogP contribution in [0.3, 0.4) is 0 Å². The summed E-state index contributed by atoms with van der Waals surface area (Å²) in [5.74, 6) is -1.94. The predicted molar refractivity (Wildman–Crippen MR) is 97.1 cm³/mol. The average molecular weight is 412 g/mol. The van der Waals surface area contributed by atoms with Crippen LogP contribution in [0.5, 0.6) is 0 Å². The van der Waals surface area contributed by atoms with E-state index in [0.29, 0.717) is 4.88 Å². The maximum Gasteiger partial charge on any atom is 0.273 e. The van der Waals surface area contributed by atoms with Gasteiger partial charge in [0.2, 0.25) is 11.8 Å². The van der Waals surface area contributed by atoms with E-state index in [2.05, 4.69) is 5.32 Å². The molecule has 0 radical (unpaired) electrons. The number of carbonyl (C=O) groups is 3. The summed E-state index contributed by atoms with van der Waals surface area (Å²) in [5.41, 5.74) is 0.243. The molecule has 1 aromatic heterocycles. The third kappa shape index (κ3) is 6.26. The van der Waals surface area contributed by atoms with Gasteiger partial charge in [0.15, 0.2) is 5.78 Å². The normalized spacial score (nSPS) is 11.0. The fraction of sp³-hybridized carbons (Fsp3) is 0.235. The summed E-state index contributed by atoms with van der Waals surface area (Å²) in [5, 5.41) is 2.55. The number of hydrogen-bond acceptors (Lipinski definition) is 6. The number of benzene rings is 1. The summed E-state index contributed by atoms with van der Waals surface area (Å²) >= 11 is 0.927. The van der Waals surface area contributed by atoms with Gasteiger partial charge in [-0.25, -0.2) is 17.5 Å². The highest BCUT2D eigenvalue weighted by Crippen LogP contribution is 2.21. The predicted octanol–water partition coefficient (Wildman–Crippen LogP) is 1.99. The maximum absolute atomic E-state index is 12.8. The maximum atomic E-state index is 12.8. The Hall–Kier alpha value is -2.59. The minimum absolute atomic E-state index is 0.0685. The molecule has 27 heavy (non-hydrogen) atoms. The molecule has 0 unspecified atom stereocenters. The minimum Gasteiger partial charge on any atom is -0.351 e. The van der Waals surface area contributed by atoms with Gasteiger partial charge in [0.05, 0.1) is 6.54 Å². The van der Waals surface area contributed by atoms with Crippen molar-refractivity contribution in [1.82, 2.24) is 10.0 Å². The van der Waals surface area contributed by atoms with Gasteiger partial charge >= 0.3 is 0 Å². The number of carbonyl (C=O) groups excluding carboxylic acids is 3. The molecule has 144 valence electrons. The number of ketones is 1. The van der Waals surface area contributed by atoms with E-state index in [1.54, 1.807) is 0 Å². The third-order valence-corrected chi connectivity index (χ3v) is 6.36. The van der Waals surface area contributed by atoms with E-state index in [-0.39, 0.29) is 35.1 Å². The van der Waals surface area contributed by atoms with Gasteiger partial charge in [-0.15, -0.1) is 11.3 Å². The Morgan fingerprint density at radius 2 is 1.70 bits per heavy atom. The highest BCUT2D eigenvalue weighted by atomic mass is 32.2. The Morgan fingerprint density at radius 3 is 2.33 bits per heavy atom. The third-order valence-electron chi connectivity index (χ3n) is 3.41. The summed E-state index contributed by atoms with van der Waals surface area (Å²) in [7, 11) is -4.05. The molecule has 2 aromatic rings. The lowest BCUT2D eigenvalue weighted by atomic mass is 10.1. The smallest absolute Gasteiger partial charge is 0.273 e. The second kappa shape index (κ2) is 8.87. The molecule has 0 aliphatic heterocycles. The van der Waals surface area contributed by atoms with Crippen molar-refractivity contribution in [2.75, 3.05) is 0 Å². The molecule has 10 heteroatoms. The van der Waals surface area contributed by atoms with Crippen molar-refractivity contribution in [1.29, 1.82) is 0 Å². The number of amides is 2.